The third-order valence-electron chi connectivity index (χ3n) is 4.48. The number of carbonyl (C=O) groups excluding carboxylic acids is 2. The molecule has 3 aromatic carbocycles. The van der Waals surface area contributed by atoms with E-state index in [0.29, 0.717) is 12.3 Å². The molecule has 0 aliphatic carbocycles. The van der Waals surface area contributed by atoms with Crippen LogP contribution in [-0.4, -0.2) is 18.0 Å². The highest BCUT2D eigenvalue weighted by Crippen LogP contribution is 2.14. The molecule has 3 aromatic rings. The third-order valence-corrected chi connectivity index (χ3v) is 4.48. The number of hydrogen-bond acceptors (Lipinski definition) is 4. The molecule has 2 N–H and O–H groups in total. The normalized spacial score (nSPS) is 10.6. The minimum absolute atomic E-state index is 0.486. The average Bonchev–Trinajstić information content (AvgIpc) is 2.76. The van der Waals surface area contributed by atoms with Crippen molar-refractivity contribution in [3.05, 3.63) is 95.1 Å². The first kappa shape index (κ1) is 20.8. The van der Waals surface area contributed by atoms with E-state index in [9.17, 15) is 9.59 Å². The third kappa shape index (κ3) is 6.04. The number of benzene rings is 3. The summed E-state index contributed by atoms with van der Waals surface area (Å²) in [4.78, 5) is 23.9. The molecule has 0 saturated heterocycles. The number of rotatable bonds is 6. The number of hydrogen-bond donors (Lipinski definition) is 2. The van der Waals surface area contributed by atoms with E-state index >= 15 is 0 Å². The minimum atomic E-state index is -0.840. The fourth-order valence-corrected chi connectivity index (χ4v) is 2.61. The van der Waals surface area contributed by atoms with E-state index in [-0.39, 0.29) is 0 Å². The summed E-state index contributed by atoms with van der Waals surface area (Å²) >= 11 is 0. The molecule has 6 nitrogen and oxygen atoms in total. The van der Waals surface area contributed by atoms with Crippen molar-refractivity contribution in [3.8, 4) is 5.75 Å². The van der Waals surface area contributed by atoms with Gasteiger partial charge in [-0.3, -0.25) is 9.59 Å². The van der Waals surface area contributed by atoms with Crippen LogP contribution in [-0.2, 0) is 16.2 Å². The van der Waals surface area contributed by atoms with Gasteiger partial charge < -0.3 is 10.1 Å². The molecule has 0 aliphatic rings. The van der Waals surface area contributed by atoms with Gasteiger partial charge in [-0.05, 0) is 72.5 Å². The second kappa shape index (κ2) is 10.0. The summed E-state index contributed by atoms with van der Waals surface area (Å²) in [5.41, 5.74) is 6.78. The van der Waals surface area contributed by atoms with Gasteiger partial charge in [0, 0.05) is 5.69 Å². The number of nitrogens with one attached hydrogen (secondary N) is 2. The number of carbonyl (C=O) groups is 2. The van der Waals surface area contributed by atoms with Crippen LogP contribution in [0.25, 0.3) is 0 Å². The van der Waals surface area contributed by atoms with Crippen LogP contribution < -0.4 is 15.5 Å². The summed E-state index contributed by atoms with van der Waals surface area (Å²) in [6, 6.07) is 22.6. The Kier molecular flexibility index (Phi) is 6.95. The van der Waals surface area contributed by atoms with Gasteiger partial charge in [-0.2, -0.15) is 5.10 Å². The predicted octanol–water partition coefficient (Wildman–Crippen LogP) is 3.97. The van der Waals surface area contributed by atoms with Crippen LogP contribution in [0.2, 0.25) is 0 Å². The van der Waals surface area contributed by atoms with E-state index in [1.807, 2.05) is 80.6 Å². The van der Waals surface area contributed by atoms with E-state index in [4.69, 9.17) is 4.74 Å². The Labute approximate surface area is 175 Å². The lowest BCUT2D eigenvalue weighted by molar-refractivity contribution is -0.136. The van der Waals surface area contributed by atoms with Crippen molar-refractivity contribution in [1.29, 1.82) is 0 Å². The van der Waals surface area contributed by atoms with Crippen LogP contribution in [0, 0.1) is 13.8 Å². The summed E-state index contributed by atoms with van der Waals surface area (Å²) in [6.45, 7) is 4.40. The predicted molar refractivity (Wildman–Crippen MR) is 117 cm³/mol. The smallest absolute Gasteiger partial charge is 0.329 e. The Morgan fingerprint density at radius 1 is 0.900 bits per heavy atom. The molecule has 152 valence electrons. The largest absolute Gasteiger partial charge is 0.489 e. The molecule has 0 heterocycles. The fraction of sp³-hybridized carbons (Fsp3) is 0.125. The molecule has 0 aromatic heterocycles. The SMILES string of the molecule is Cc1ccc(NC(=O)C(=O)N/N=C\c2ccc(OCc3ccccc3)cc2)cc1C. The zero-order valence-electron chi connectivity index (χ0n) is 16.9. The van der Waals surface area contributed by atoms with Crippen molar-refractivity contribution in [2.24, 2.45) is 5.10 Å². The Bertz CT molecular complexity index is 1050. The summed E-state index contributed by atoms with van der Waals surface area (Å²) in [5, 5.41) is 6.38. The monoisotopic (exact) mass is 401 g/mol. The molecule has 0 fully saturated rings. The molecule has 0 unspecified atom stereocenters. The quantitative estimate of drug-likeness (QED) is 0.373. The Morgan fingerprint density at radius 2 is 1.63 bits per heavy atom. The minimum Gasteiger partial charge on any atom is -0.489 e. The summed E-state index contributed by atoms with van der Waals surface area (Å²) in [7, 11) is 0. The Hall–Kier alpha value is -3.93. The van der Waals surface area contributed by atoms with Crippen molar-refractivity contribution in [3.63, 3.8) is 0 Å². The van der Waals surface area contributed by atoms with E-state index < -0.39 is 11.8 Å². The number of nitrogens with zero attached hydrogens (tertiary/aromatic N) is 1. The molecule has 0 saturated carbocycles. The van der Waals surface area contributed by atoms with Crippen LogP contribution in [0.3, 0.4) is 0 Å². The second-order valence-corrected chi connectivity index (χ2v) is 6.80. The molecule has 6 heteroatoms. The average molecular weight is 401 g/mol. The standard InChI is InChI=1S/C24H23N3O3/c1-17-8-11-21(14-18(17)2)26-23(28)24(29)27-25-15-19-9-12-22(13-10-19)30-16-20-6-4-3-5-7-20/h3-15H,16H2,1-2H3,(H,26,28)(H,27,29)/b25-15-. The number of aryl methyl sites for hydroxylation is 2. The number of hydrazone groups is 1. The van der Waals surface area contributed by atoms with Gasteiger partial charge in [-0.1, -0.05) is 36.4 Å². The van der Waals surface area contributed by atoms with Gasteiger partial charge in [0.05, 0.1) is 6.21 Å². The van der Waals surface area contributed by atoms with E-state index in [2.05, 4.69) is 15.8 Å². The first-order chi connectivity index (χ1) is 14.5. The van der Waals surface area contributed by atoms with Crippen molar-refractivity contribution in [2.45, 2.75) is 20.5 Å². The van der Waals surface area contributed by atoms with E-state index in [1.54, 1.807) is 6.07 Å². The molecular formula is C24H23N3O3. The maximum Gasteiger partial charge on any atom is 0.329 e. The first-order valence-corrected chi connectivity index (χ1v) is 9.50. The van der Waals surface area contributed by atoms with Crippen LogP contribution in [0.15, 0.2) is 77.9 Å². The molecule has 0 spiro atoms. The molecule has 0 aliphatic heterocycles. The van der Waals surface area contributed by atoms with Gasteiger partial charge in [0.15, 0.2) is 0 Å². The zero-order chi connectivity index (χ0) is 21.3. The number of ether oxygens (including phenoxy) is 1. The van der Waals surface area contributed by atoms with Gasteiger partial charge in [-0.15, -0.1) is 0 Å². The lowest BCUT2D eigenvalue weighted by Gasteiger charge is -2.07. The highest BCUT2D eigenvalue weighted by Gasteiger charge is 2.13. The summed E-state index contributed by atoms with van der Waals surface area (Å²) < 4.78 is 5.73. The fourth-order valence-electron chi connectivity index (χ4n) is 2.61. The van der Waals surface area contributed by atoms with Crippen LogP contribution >= 0.6 is 0 Å². The highest BCUT2D eigenvalue weighted by atomic mass is 16.5. The Balaban J connectivity index is 1.47. The van der Waals surface area contributed by atoms with Gasteiger partial charge in [-0.25, -0.2) is 5.43 Å². The molecule has 2 amide bonds. The molecule has 0 bridgehead atoms. The highest BCUT2D eigenvalue weighted by molar-refractivity contribution is 6.39. The van der Waals surface area contributed by atoms with Crippen molar-refractivity contribution < 1.29 is 14.3 Å². The van der Waals surface area contributed by atoms with Crippen LogP contribution in [0.5, 0.6) is 5.75 Å². The van der Waals surface area contributed by atoms with E-state index in [1.165, 1.54) is 6.21 Å². The molecule has 3 rings (SSSR count). The van der Waals surface area contributed by atoms with Crippen molar-refractivity contribution in [1.82, 2.24) is 5.43 Å². The maximum atomic E-state index is 12.0. The lowest BCUT2D eigenvalue weighted by Crippen LogP contribution is -2.32. The maximum absolute atomic E-state index is 12.0. The first-order valence-electron chi connectivity index (χ1n) is 9.50. The second-order valence-electron chi connectivity index (χ2n) is 6.80. The molecular weight excluding hydrogens is 378 g/mol. The van der Waals surface area contributed by atoms with Crippen LogP contribution in [0.4, 0.5) is 5.69 Å². The summed E-state index contributed by atoms with van der Waals surface area (Å²) in [5.74, 6) is -0.889. The lowest BCUT2D eigenvalue weighted by atomic mass is 10.1. The number of anilines is 1. The topological polar surface area (TPSA) is 79.8 Å². The van der Waals surface area contributed by atoms with Crippen molar-refractivity contribution in [2.75, 3.05) is 5.32 Å². The van der Waals surface area contributed by atoms with Gasteiger partial charge in [0.2, 0.25) is 0 Å². The molecule has 0 atom stereocenters. The molecule has 0 radical (unpaired) electrons. The van der Waals surface area contributed by atoms with E-state index in [0.717, 1.165) is 28.0 Å². The van der Waals surface area contributed by atoms with Gasteiger partial charge >= 0.3 is 11.8 Å². The van der Waals surface area contributed by atoms with Crippen molar-refractivity contribution >= 4 is 23.7 Å². The number of amides is 2. The van der Waals surface area contributed by atoms with Gasteiger partial charge in [0.25, 0.3) is 0 Å². The van der Waals surface area contributed by atoms with Crippen LogP contribution in [0.1, 0.15) is 22.3 Å². The summed E-state index contributed by atoms with van der Waals surface area (Å²) in [6.07, 6.45) is 1.46. The van der Waals surface area contributed by atoms with Gasteiger partial charge in [0.1, 0.15) is 12.4 Å². The zero-order valence-corrected chi connectivity index (χ0v) is 16.9. The molecule has 30 heavy (non-hydrogen) atoms. The Morgan fingerprint density at radius 3 is 2.33 bits per heavy atom.